The Kier molecular flexibility index (Phi) is 7.54. The van der Waals surface area contributed by atoms with Crippen molar-refractivity contribution < 1.29 is 19.7 Å². The summed E-state index contributed by atoms with van der Waals surface area (Å²) in [6.07, 6.45) is -0.565. The van der Waals surface area contributed by atoms with Crippen molar-refractivity contribution in [1.82, 2.24) is 0 Å². The minimum Gasteiger partial charge on any atom is -0.490 e. The van der Waals surface area contributed by atoms with Gasteiger partial charge in [-0.3, -0.25) is 0 Å². The molecule has 0 radical (unpaired) electrons. The van der Waals surface area contributed by atoms with Crippen LogP contribution in [0.4, 0.5) is 11.4 Å². The van der Waals surface area contributed by atoms with Crippen LogP contribution in [0, 0.1) is 0 Å². The first-order valence-electron chi connectivity index (χ1n) is 9.94. The minimum absolute atomic E-state index is 0.454. The number of benzene rings is 2. The van der Waals surface area contributed by atoms with E-state index >= 15 is 0 Å². The third-order valence-electron chi connectivity index (χ3n) is 4.86. The summed E-state index contributed by atoms with van der Waals surface area (Å²) in [5, 5.41) is 22.2. The fourth-order valence-electron chi connectivity index (χ4n) is 3.42. The molecule has 2 aromatic rings. The van der Waals surface area contributed by atoms with Crippen molar-refractivity contribution in [3.8, 4) is 5.75 Å². The van der Waals surface area contributed by atoms with Gasteiger partial charge in [0.15, 0.2) is 6.29 Å². The number of hydrogen-bond donors (Lipinski definition) is 3. The van der Waals surface area contributed by atoms with Crippen LogP contribution >= 0.6 is 0 Å². The second kappa shape index (κ2) is 10.3. The van der Waals surface area contributed by atoms with Gasteiger partial charge in [0.1, 0.15) is 18.5 Å². The Labute approximate surface area is 166 Å². The SMILES string of the molecule is CCOC(Cc1ccc(NCCCN2CCOc3ccccc32)cc1)C(O)O. The van der Waals surface area contributed by atoms with Gasteiger partial charge in [-0.1, -0.05) is 24.3 Å². The number of rotatable bonds is 10. The third kappa shape index (κ3) is 5.61. The van der Waals surface area contributed by atoms with Gasteiger partial charge in [-0.25, -0.2) is 0 Å². The van der Waals surface area contributed by atoms with E-state index in [2.05, 4.69) is 16.3 Å². The van der Waals surface area contributed by atoms with Gasteiger partial charge in [-0.2, -0.15) is 0 Å². The maximum Gasteiger partial charge on any atom is 0.178 e. The molecule has 1 aliphatic heterocycles. The molecule has 3 rings (SSSR count). The number of ether oxygens (including phenoxy) is 2. The smallest absolute Gasteiger partial charge is 0.178 e. The van der Waals surface area contributed by atoms with E-state index in [0.717, 1.165) is 49.7 Å². The highest BCUT2D eigenvalue weighted by atomic mass is 16.5. The summed E-state index contributed by atoms with van der Waals surface area (Å²) in [5.41, 5.74) is 3.25. The number of para-hydroxylation sites is 2. The van der Waals surface area contributed by atoms with Crippen molar-refractivity contribution in [2.45, 2.75) is 32.2 Å². The van der Waals surface area contributed by atoms with Crippen LogP contribution in [0.3, 0.4) is 0 Å². The Morgan fingerprint density at radius 1 is 1.14 bits per heavy atom. The Morgan fingerprint density at radius 2 is 1.93 bits per heavy atom. The van der Waals surface area contributed by atoms with Gasteiger partial charge in [-0.05, 0) is 43.2 Å². The molecule has 3 N–H and O–H groups in total. The van der Waals surface area contributed by atoms with Crippen LogP contribution in [0.5, 0.6) is 5.75 Å². The first kappa shape index (κ1) is 20.5. The molecule has 1 unspecified atom stereocenters. The monoisotopic (exact) mass is 386 g/mol. The van der Waals surface area contributed by atoms with E-state index in [-0.39, 0.29) is 0 Å². The first-order valence-corrected chi connectivity index (χ1v) is 9.94. The van der Waals surface area contributed by atoms with Crippen LogP contribution in [0.1, 0.15) is 18.9 Å². The Bertz CT molecular complexity index is 721. The highest BCUT2D eigenvalue weighted by Gasteiger charge is 2.18. The standard InChI is InChI=1S/C22H30N2O4/c1-2-27-21(22(25)26)16-17-8-10-18(11-9-17)23-12-5-13-24-14-15-28-20-7-4-3-6-19(20)24/h3-4,6-11,21-23,25-26H,2,5,12-16H2,1H3. The molecule has 6 heteroatoms. The van der Waals surface area contributed by atoms with E-state index in [1.807, 2.05) is 49.4 Å². The lowest BCUT2D eigenvalue weighted by molar-refractivity contribution is -0.142. The second-order valence-corrected chi connectivity index (χ2v) is 6.89. The molecule has 0 bridgehead atoms. The van der Waals surface area contributed by atoms with Crippen molar-refractivity contribution in [2.75, 3.05) is 43.1 Å². The Balaban J connectivity index is 1.43. The van der Waals surface area contributed by atoms with E-state index < -0.39 is 12.4 Å². The molecule has 0 spiro atoms. The quantitative estimate of drug-likeness (QED) is 0.431. The zero-order chi connectivity index (χ0) is 19.8. The van der Waals surface area contributed by atoms with E-state index in [4.69, 9.17) is 9.47 Å². The summed E-state index contributed by atoms with van der Waals surface area (Å²) < 4.78 is 11.1. The van der Waals surface area contributed by atoms with Crippen LogP contribution in [0.2, 0.25) is 0 Å². The van der Waals surface area contributed by atoms with Crippen LogP contribution in [0.25, 0.3) is 0 Å². The first-order chi connectivity index (χ1) is 13.7. The second-order valence-electron chi connectivity index (χ2n) is 6.89. The molecular weight excluding hydrogens is 356 g/mol. The topological polar surface area (TPSA) is 74.2 Å². The summed E-state index contributed by atoms with van der Waals surface area (Å²) in [4.78, 5) is 2.37. The lowest BCUT2D eigenvalue weighted by Crippen LogP contribution is -2.34. The zero-order valence-corrected chi connectivity index (χ0v) is 16.4. The van der Waals surface area contributed by atoms with Crippen LogP contribution in [-0.2, 0) is 11.2 Å². The lowest BCUT2D eigenvalue weighted by Gasteiger charge is -2.31. The normalized spacial score (nSPS) is 14.5. The van der Waals surface area contributed by atoms with Gasteiger partial charge >= 0.3 is 0 Å². The van der Waals surface area contributed by atoms with Crippen molar-refractivity contribution >= 4 is 11.4 Å². The average Bonchev–Trinajstić information content (AvgIpc) is 2.72. The fraction of sp³-hybridized carbons (Fsp3) is 0.455. The molecule has 6 nitrogen and oxygen atoms in total. The fourth-order valence-corrected chi connectivity index (χ4v) is 3.42. The summed E-state index contributed by atoms with van der Waals surface area (Å²) >= 11 is 0. The van der Waals surface area contributed by atoms with E-state index in [1.165, 1.54) is 5.69 Å². The number of aliphatic hydroxyl groups excluding tert-OH is 1. The minimum atomic E-state index is -1.47. The maximum absolute atomic E-state index is 9.38. The molecule has 0 saturated carbocycles. The molecule has 1 aliphatic rings. The number of nitrogens with zero attached hydrogens (tertiary/aromatic N) is 1. The molecule has 1 atom stereocenters. The molecule has 1 heterocycles. The molecule has 28 heavy (non-hydrogen) atoms. The van der Waals surface area contributed by atoms with E-state index in [0.29, 0.717) is 13.0 Å². The van der Waals surface area contributed by atoms with Gasteiger partial charge < -0.3 is 29.9 Å². The molecule has 0 saturated heterocycles. The average molecular weight is 386 g/mol. The van der Waals surface area contributed by atoms with Gasteiger partial charge in [0, 0.05) is 31.8 Å². The molecule has 0 aliphatic carbocycles. The van der Waals surface area contributed by atoms with Crippen molar-refractivity contribution in [3.63, 3.8) is 0 Å². The highest BCUT2D eigenvalue weighted by molar-refractivity contribution is 5.59. The number of aliphatic hydroxyl groups is 2. The Morgan fingerprint density at radius 3 is 2.68 bits per heavy atom. The number of hydrogen-bond acceptors (Lipinski definition) is 6. The number of nitrogens with one attached hydrogen (secondary N) is 1. The number of fused-ring (bicyclic) bond motifs is 1. The third-order valence-corrected chi connectivity index (χ3v) is 4.86. The summed E-state index contributed by atoms with van der Waals surface area (Å²) in [6.45, 7) is 5.82. The Hall–Kier alpha value is -2.28. The van der Waals surface area contributed by atoms with Crippen LogP contribution in [-0.4, -0.2) is 55.5 Å². The van der Waals surface area contributed by atoms with Gasteiger partial charge in [-0.15, -0.1) is 0 Å². The summed E-state index contributed by atoms with van der Waals surface area (Å²) in [6, 6.07) is 16.2. The summed E-state index contributed by atoms with van der Waals surface area (Å²) in [5.74, 6) is 0.968. The van der Waals surface area contributed by atoms with E-state index in [1.54, 1.807) is 0 Å². The molecule has 0 aromatic heterocycles. The van der Waals surface area contributed by atoms with Crippen molar-refractivity contribution in [1.29, 1.82) is 0 Å². The molecule has 0 amide bonds. The number of anilines is 2. The van der Waals surface area contributed by atoms with Gasteiger partial charge in [0.2, 0.25) is 0 Å². The van der Waals surface area contributed by atoms with Gasteiger partial charge in [0.05, 0.1) is 12.2 Å². The van der Waals surface area contributed by atoms with E-state index in [9.17, 15) is 10.2 Å². The van der Waals surface area contributed by atoms with Crippen molar-refractivity contribution in [3.05, 3.63) is 54.1 Å². The van der Waals surface area contributed by atoms with Gasteiger partial charge in [0.25, 0.3) is 0 Å². The van der Waals surface area contributed by atoms with Crippen molar-refractivity contribution in [2.24, 2.45) is 0 Å². The highest BCUT2D eigenvalue weighted by Crippen LogP contribution is 2.30. The molecule has 152 valence electrons. The predicted octanol–water partition coefficient (Wildman–Crippen LogP) is 2.65. The molecular formula is C22H30N2O4. The molecule has 2 aromatic carbocycles. The largest absolute Gasteiger partial charge is 0.490 e. The maximum atomic E-state index is 9.38. The lowest BCUT2D eigenvalue weighted by atomic mass is 10.1. The zero-order valence-electron chi connectivity index (χ0n) is 16.4. The van der Waals surface area contributed by atoms with Crippen LogP contribution < -0.4 is 15.0 Å². The predicted molar refractivity (Wildman–Crippen MR) is 111 cm³/mol. The molecule has 0 fully saturated rings. The summed E-state index contributed by atoms with van der Waals surface area (Å²) in [7, 11) is 0. The van der Waals surface area contributed by atoms with Crippen LogP contribution in [0.15, 0.2) is 48.5 Å².